The van der Waals surface area contributed by atoms with Gasteiger partial charge in [-0.05, 0) is 42.2 Å². The van der Waals surface area contributed by atoms with Gasteiger partial charge >= 0.3 is 5.97 Å². The van der Waals surface area contributed by atoms with Crippen molar-refractivity contribution in [2.45, 2.75) is 19.8 Å². The Morgan fingerprint density at radius 1 is 1.08 bits per heavy atom. The summed E-state index contributed by atoms with van der Waals surface area (Å²) in [6.45, 7) is 5.39. The summed E-state index contributed by atoms with van der Waals surface area (Å²) < 4.78 is 4.79. The summed E-state index contributed by atoms with van der Waals surface area (Å²) >= 11 is 0. The minimum Gasteiger partial charge on any atom is -0.469 e. The first-order chi connectivity index (χ1) is 17.6. The third-order valence-electron chi connectivity index (χ3n) is 6.17. The van der Waals surface area contributed by atoms with Crippen LogP contribution >= 0.6 is 0 Å². The van der Waals surface area contributed by atoms with E-state index in [-0.39, 0.29) is 12.4 Å². The number of ether oxygens (including phenoxy) is 1. The van der Waals surface area contributed by atoms with Gasteiger partial charge < -0.3 is 19.2 Å². The van der Waals surface area contributed by atoms with Crippen molar-refractivity contribution in [3.8, 4) is 11.8 Å². The molecule has 1 aliphatic rings. The van der Waals surface area contributed by atoms with Crippen molar-refractivity contribution < 1.29 is 14.3 Å². The van der Waals surface area contributed by atoms with Crippen molar-refractivity contribution in [3.63, 3.8) is 0 Å². The van der Waals surface area contributed by atoms with Gasteiger partial charge in [-0.3, -0.25) is 4.79 Å². The maximum absolute atomic E-state index is 11.7. The zero-order chi connectivity index (χ0) is 25.3. The van der Waals surface area contributed by atoms with Crippen LogP contribution in [0, 0.1) is 18.8 Å². The molecule has 3 aromatic rings. The molecule has 0 aliphatic carbocycles. The summed E-state index contributed by atoms with van der Waals surface area (Å²) in [6, 6.07) is 16.0. The maximum atomic E-state index is 11.7. The molecular formula is C28H28BN4O3. The molecule has 0 atom stereocenters. The van der Waals surface area contributed by atoms with E-state index in [1.54, 1.807) is 13.6 Å². The number of anilines is 1. The predicted molar refractivity (Wildman–Crippen MR) is 140 cm³/mol. The fraction of sp³-hybridized carbons (Fsp3) is 0.286. The van der Waals surface area contributed by atoms with Crippen molar-refractivity contribution in [1.82, 2.24) is 14.8 Å². The van der Waals surface area contributed by atoms with Gasteiger partial charge in [0, 0.05) is 55.6 Å². The number of benzene rings is 2. The van der Waals surface area contributed by atoms with Gasteiger partial charge in [-0.2, -0.15) is 0 Å². The highest BCUT2D eigenvalue weighted by molar-refractivity contribution is 6.64. The summed E-state index contributed by atoms with van der Waals surface area (Å²) in [5.74, 6) is 6.74. The van der Waals surface area contributed by atoms with Crippen molar-refractivity contribution >= 4 is 25.3 Å². The summed E-state index contributed by atoms with van der Waals surface area (Å²) in [5.41, 5.74) is 5.48. The standard InChI is InChI=1S/C28H28BN4O3/c1-21-19-30-27(31-26(21)12-9-23-5-3-4-6-24(23)18-28(35)36-2)17-22-7-10-25(11-8-22)32-13-15-33(16-14-32)29-20-34/h3-8,10-11,19-20H,13-18H2,1-2H3. The van der Waals surface area contributed by atoms with Gasteiger partial charge in [-0.15, -0.1) is 0 Å². The SMILES string of the molecule is COC(=O)Cc1ccccc1C#Cc1nc(Cc2ccc(N3CCN([B]C=O)CC3)cc2)ncc1C. The van der Waals surface area contributed by atoms with Crippen molar-refractivity contribution in [3.05, 3.63) is 88.5 Å². The molecule has 2 heterocycles. The summed E-state index contributed by atoms with van der Waals surface area (Å²) in [7, 11) is 2.99. The van der Waals surface area contributed by atoms with E-state index in [9.17, 15) is 9.59 Å². The molecule has 0 bridgehead atoms. The number of aryl methyl sites for hydroxylation is 1. The number of aromatic nitrogens is 2. The van der Waals surface area contributed by atoms with Gasteiger partial charge in [0.25, 0.3) is 7.41 Å². The number of piperazine rings is 1. The highest BCUT2D eigenvalue weighted by Crippen LogP contribution is 2.18. The molecule has 4 rings (SSSR count). The number of nitrogens with zero attached hydrogens (tertiary/aromatic N) is 4. The van der Waals surface area contributed by atoms with Crippen LogP contribution in [0.4, 0.5) is 5.69 Å². The van der Waals surface area contributed by atoms with Crippen LogP contribution in [-0.4, -0.2) is 67.6 Å². The quantitative estimate of drug-likeness (QED) is 0.223. The molecule has 1 radical (unpaired) electrons. The van der Waals surface area contributed by atoms with Crippen LogP contribution in [0.5, 0.6) is 0 Å². The molecule has 0 unspecified atom stereocenters. The Morgan fingerprint density at radius 3 is 2.56 bits per heavy atom. The fourth-order valence-corrected chi connectivity index (χ4v) is 4.06. The van der Waals surface area contributed by atoms with E-state index < -0.39 is 0 Å². The first-order valence-corrected chi connectivity index (χ1v) is 11.9. The second kappa shape index (κ2) is 12.1. The largest absolute Gasteiger partial charge is 0.469 e. The normalized spacial score (nSPS) is 13.4. The lowest BCUT2D eigenvalue weighted by atomic mass is 9.93. The molecule has 2 aromatic carbocycles. The lowest BCUT2D eigenvalue weighted by Gasteiger charge is -2.35. The van der Waals surface area contributed by atoms with Crippen molar-refractivity contribution in [1.29, 1.82) is 0 Å². The monoisotopic (exact) mass is 479 g/mol. The van der Waals surface area contributed by atoms with Crippen LogP contribution in [-0.2, 0) is 27.2 Å². The Hall–Kier alpha value is -3.96. The van der Waals surface area contributed by atoms with Crippen LogP contribution in [0.1, 0.15) is 33.8 Å². The van der Waals surface area contributed by atoms with E-state index in [0.717, 1.165) is 54.6 Å². The lowest BCUT2D eigenvalue weighted by molar-refractivity contribution is -0.139. The Morgan fingerprint density at radius 2 is 1.83 bits per heavy atom. The second-order valence-electron chi connectivity index (χ2n) is 8.63. The zero-order valence-electron chi connectivity index (χ0n) is 20.6. The van der Waals surface area contributed by atoms with Crippen LogP contribution in [0.25, 0.3) is 0 Å². The molecule has 0 N–H and O–H groups in total. The van der Waals surface area contributed by atoms with Crippen LogP contribution in [0.15, 0.2) is 54.7 Å². The van der Waals surface area contributed by atoms with E-state index in [1.165, 1.54) is 12.8 Å². The minimum absolute atomic E-state index is 0.179. The van der Waals surface area contributed by atoms with Gasteiger partial charge in [-0.25, -0.2) is 9.97 Å². The molecule has 1 saturated heterocycles. The van der Waals surface area contributed by atoms with Gasteiger partial charge in [-0.1, -0.05) is 36.3 Å². The molecule has 181 valence electrons. The highest BCUT2D eigenvalue weighted by atomic mass is 16.5. The molecule has 36 heavy (non-hydrogen) atoms. The van der Waals surface area contributed by atoms with E-state index >= 15 is 0 Å². The van der Waals surface area contributed by atoms with Crippen LogP contribution in [0.3, 0.4) is 0 Å². The molecule has 7 nitrogen and oxygen atoms in total. The average Bonchev–Trinajstić information content (AvgIpc) is 2.91. The Balaban J connectivity index is 1.44. The molecular weight excluding hydrogens is 451 g/mol. The number of rotatable bonds is 7. The molecule has 0 spiro atoms. The third kappa shape index (κ3) is 6.58. The topological polar surface area (TPSA) is 75.6 Å². The lowest BCUT2D eigenvalue weighted by Crippen LogP contribution is -2.48. The number of methoxy groups -OCH3 is 1. The Kier molecular flexibility index (Phi) is 8.48. The zero-order valence-corrected chi connectivity index (χ0v) is 20.6. The fourth-order valence-electron chi connectivity index (χ4n) is 4.06. The first kappa shape index (κ1) is 25.1. The molecule has 0 saturated carbocycles. The van der Waals surface area contributed by atoms with Crippen molar-refractivity contribution in [2.24, 2.45) is 0 Å². The summed E-state index contributed by atoms with van der Waals surface area (Å²) in [5, 5.41) is 0. The number of esters is 1. The molecule has 0 amide bonds. The van der Waals surface area contributed by atoms with Gasteiger partial charge in [0.15, 0.2) is 0 Å². The van der Waals surface area contributed by atoms with E-state index in [2.05, 4.69) is 46.0 Å². The molecule has 1 aromatic heterocycles. The summed E-state index contributed by atoms with van der Waals surface area (Å²) in [4.78, 5) is 36.0. The molecule has 1 aliphatic heterocycles. The number of hydrogen-bond donors (Lipinski definition) is 0. The number of carbonyl (C=O) groups is 2. The van der Waals surface area contributed by atoms with Crippen LogP contribution < -0.4 is 4.90 Å². The highest BCUT2D eigenvalue weighted by Gasteiger charge is 2.17. The number of carbonyl (C=O) groups excluding carboxylic acids is 2. The second-order valence-corrected chi connectivity index (χ2v) is 8.63. The Bertz CT molecular complexity index is 1280. The number of hydrogen-bond acceptors (Lipinski definition) is 7. The molecule has 8 heteroatoms. The smallest absolute Gasteiger partial charge is 0.310 e. The minimum atomic E-state index is -0.297. The van der Waals surface area contributed by atoms with E-state index in [1.807, 2.05) is 36.0 Å². The van der Waals surface area contributed by atoms with E-state index in [0.29, 0.717) is 17.9 Å². The van der Waals surface area contributed by atoms with E-state index in [4.69, 9.17) is 9.72 Å². The molecule has 1 fully saturated rings. The van der Waals surface area contributed by atoms with Gasteiger partial charge in [0.05, 0.1) is 19.7 Å². The first-order valence-electron chi connectivity index (χ1n) is 11.9. The van der Waals surface area contributed by atoms with Gasteiger partial charge in [0.1, 0.15) is 11.5 Å². The Labute approximate surface area is 212 Å². The van der Waals surface area contributed by atoms with Crippen molar-refractivity contribution in [2.75, 3.05) is 38.2 Å². The van der Waals surface area contributed by atoms with Crippen LogP contribution in [0.2, 0.25) is 0 Å². The third-order valence-corrected chi connectivity index (χ3v) is 6.17. The average molecular weight is 479 g/mol. The predicted octanol–water partition coefficient (Wildman–Crippen LogP) is 2.42. The maximum Gasteiger partial charge on any atom is 0.310 e. The van der Waals surface area contributed by atoms with Gasteiger partial charge in [0.2, 0.25) is 0 Å². The summed E-state index contributed by atoms with van der Waals surface area (Å²) in [6.07, 6.45) is 3.43.